The lowest BCUT2D eigenvalue weighted by molar-refractivity contribution is -0.137. The summed E-state index contributed by atoms with van der Waals surface area (Å²) in [5, 5.41) is 3.49. The molecular formula is C23H22F4N4OS. The van der Waals surface area contributed by atoms with Gasteiger partial charge < -0.3 is 10.2 Å². The van der Waals surface area contributed by atoms with E-state index < -0.39 is 11.7 Å². The summed E-state index contributed by atoms with van der Waals surface area (Å²) in [7, 11) is 0. The molecule has 1 unspecified atom stereocenters. The Bertz CT molecular complexity index is 1100. The molecule has 0 saturated carbocycles. The highest BCUT2D eigenvalue weighted by atomic mass is 32.1. The van der Waals surface area contributed by atoms with Gasteiger partial charge in [-0.2, -0.15) is 17.5 Å². The first-order chi connectivity index (χ1) is 15.8. The Hall–Kier alpha value is -3.01. The van der Waals surface area contributed by atoms with Gasteiger partial charge in [-0.3, -0.25) is 4.79 Å². The van der Waals surface area contributed by atoms with Crippen LogP contribution in [0.1, 0.15) is 35.4 Å². The molecule has 174 valence electrons. The summed E-state index contributed by atoms with van der Waals surface area (Å²) >= 11 is 1.26. The van der Waals surface area contributed by atoms with Crippen LogP contribution >= 0.6 is 11.5 Å². The summed E-state index contributed by atoms with van der Waals surface area (Å²) in [4.78, 5) is 19.3. The van der Waals surface area contributed by atoms with Crippen LogP contribution in [0, 0.1) is 11.7 Å². The van der Waals surface area contributed by atoms with E-state index in [1.54, 1.807) is 18.2 Å². The van der Waals surface area contributed by atoms with Gasteiger partial charge in [-0.1, -0.05) is 24.3 Å². The first-order valence-electron chi connectivity index (χ1n) is 10.5. The number of nitrogens with one attached hydrogen (secondary N) is 1. The third-order valence-corrected chi connectivity index (χ3v) is 6.33. The minimum Gasteiger partial charge on any atom is -0.352 e. The van der Waals surface area contributed by atoms with Crippen molar-refractivity contribution in [1.82, 2.24) is 14.7 Å². The van der Waals surface area contributed by atoms with Crippen molar-refractivity contribution in [3.8, 4) is 0 Å². The van der Waals surface area contributed by atoms with Crippen molar-refractivity contribution in [3.63, 3.8) is 0 Å². The molecule has 0 bridgehead atoms. The van der Waals surface area contributed by atoms with Gasteiger partial charge in [0.15, 0.2) is 0 Å². The normalized spacial score (nSPS) is 16.6. The molecule has 33 heavy (non-hydrogen) atoms. The van der Waals surface area contributed by atoms with E-state index in [-0.39, 0.29) is 24.2 Å². The second-order valence-corrected chi connectivity index (χ2v) is 8.73. The van der Waals surface area contributed by atoms with Crippen molar-refractivity contribution >= 4 is 22.6 Å². The first kappa shape index (κ1) is 23.2. The largest absolute Gasteiger partial charge is 0.416 e. The molecular weight excluding hydrogens is 456 g/mol. The average Bonchev–Trinajstić information content (AvgIpc) is 3.27. The fraction of sp³-hybridized carbons (Fsp3) is 0.348. The molecule has 10 heteroatoms. The van der Waals surface area contributed by atoms with Crippen LogP contribution in [-0.2, 0) is 23.9 Å². The summed E-state index contributed by atoms with van der Waals surface area (Å²) in [6.45, 7) is 1.27. The van der Waals surface area contributed by atoms with Crippen LogP contribution in [0.2, 0.25) is 0 Å². The number of hydrogen-bond acceptors (Lipinski definition) is 5. The Kier molecular flexibility index (Phi) is 6.92. The Balaban J connectivity index is 1.33. The summed E-state index contributed by atoms with van der Waals surface area (Å²) in [6.07, 6.45) is -2.42. The highest BCUT2D eigenvalue weighted by Crippen LogP contribution is 2.30. The number of amides is 1. The van der Waals surface area contributed by atoms with E-state index in [0.29, 0.717) is 30.8 Å². The SMILES string of the molecule is O=C(NCc1cccc(C(F)(F)F)c1)C1CCCN(c2nc(Cc3ccc(F)cc3)ns2)C1. The van der Waals surface area contributed by atoms with Crippen molar-refractivity contribution in [1.29, 1.82) is 0 Å². The molecule has 5 nitrogen and oxygen atoms in total. The third-order valence-electron chi connectivity index (χ3n) is 5.52. The maximum atomic E-state index is 13.1. The van der Waals surface area contributed by atoms with Gasteiger partial charge in [0.05, 0.1) is 11.5 Å². The van der Waals surface area contributed by atoms with Crippen LogP contribution in [0.3, 0.4) is 0 Å². The number of aromatic nitrogens is 2. The van der Waals surface area contributed by atoms with E-state index in [4.69, 9.17) is 0 Å². The zero-order valence-corrected chi connectivity index (χ0v) is 18.4. The van der Waals surface area contributed by atoms with Crippen molar-refractivity contribution in [2.45, 2.75) is 32.0 Å². The predicted molar refractivity (Wildman–Crippen MR) is 117 cm³/mol. The van der Waals surface area contributed by atoms with E-state index in [1.807, 2.05) is 4.90 Å². The van der Waals surface area contributed by atoms with Crippen molar-refractivity contribution in [3.05, 3.63) is 76.9 Å². The standard InChI is InChI=1S/C23H22F4N4OS/c24-19-8-6-15(7-9-19)12-20-29-22(33-30-20)31-10-2-4-17(14-31)21(32)28-13-16-3-1-5-18(11-16)23(25,26)27/h1,3,5-9,11,17H,2,4,10,12-14H2,(H,28,32). The molecule has 0 radical (unpaired) electrons. The second-order valence-electron chi connectivity index (χ2n) is 8.00. The third kappa shape index (κ3) is 6.07. The fourth-order valence-electron chi connectivity index (χ4n) is 3.79. The summed E-state index contributed by atoms with van der Waals surface area (Å²) < 4.78 is 56.1. The molecule has 1 saturated heterocycles. The average molecular weight is 479 g/mol. The van der Waals surface area contributed by atoms with Crippen LogP contribution in [0.15, 0.2) is 48.5 Å². The second kappa shape index (κ2) is 9.86. The van der Waals surface area contributed by atoms with E-state index in [0.717, 1.165) is 35.8 Å². The van der Waals surface area contributed by atoms with Crippen molar-refractivity contribution in [2.24, 2.45) is 5.92 Å². The van der Waals surface area contributed by atoms with Gasteiger partial charge in [-0.05, 0) is 48.2 Å². The molecule has 1 amide bonds. The van der Waals surface area contributed by atoms with Crippen LogP contribution in [0.4, 0.5) is 22.7 Å². The lowest BCUT2D eigenvalue weighted by Gasteiger charge is -2.31. The Morgan fingerprint density at radius 2 is 1.94 bits per heavy atom. The number of carbonyl (C=O) groups is 1. The van der Waals surface area contributed by atoms with Crippen molar-refractivity contribution < 1.29 is 22.4 Å². The molecule has 0 spiro atoms. The highest BCUT2D eigenvalue weighted by Gasteiger charge is 2.31. The summed E-state index contributed by atoms with van der Waals surface area (Å²) in [5.41, 5.74) is 0.581. The van der Waals surface area contributed by atoms with Crippen LogP contribution in [0.5, 0.6) is 0 Å². The number of rotatable bonds is 6. The Morgan fingerprint density at radius 1 is 1.15 bits per heavy atom. The highest BCUT2D eigenvalue weighted by molar-refractivity contribution is 7.09. The maximum absolute atomic E-state index is 13.1. The summed E-state index contributed by atoms with van der Waals surface area (Å²) in [6, 6.07) is 11.2. The Labute approximate surface area is 192 Å². The minimum absolute atomic E-state index is 0.0415. The molecule has 1 atom stereocenters. The van der Waals surface area contributed by atoms with Crippen LogP contribution < -0.4 is 10.2 Å². The molecule has 2 aromatic carbocycles. The molecule has 1 N–H and O–H groups in total. The minimum atomic E-state index is -4.42. The number of hydrogen-bond donors (Lipinski definition) is 1. The van der Waals surface area contributed by atoms with Crippen LogP contribution in [0.25, 0.3) is 0 Å². The van der Waals surface area contributed by atoms with E-state index in [2.05, 4.69) is 14.7 Å². The number of anilines is 1. The molecule has 1 aliphatic rings. The predicted octanol–water partition coefficient (Wildman–Crippen LogP) is 4.82. The van der Waals surface area contributed by atoms with Gasteiger partial charge in [0.1, 0.15) is 11.6 Å². The number of halogens is 4. The fourth-order valence-corrected chi connectivity index (χ4v) is 4.51. The lowest BCUT2D eigenvalue weighted by atomic mass is 9.97. The van der Waals surface area contributed by atoms with Crippen molar-refractivity contribution in [2.75, 3.05) is 18.0 Å². The van der Waals surface area contributed by atoms with Gasteiger partial charge in [-0.25, -0.2) is 9.37 Å². The van der Waals surface area contributed by atoms with Gasteiger partial charge in [-0.15, -0.1) is 0 Å². The lowest BCUT2D eigenvalue weighted by Crippen LogP contribution is -2.43. The van der Waals surface area contributed by atoms with Gasteiger partial charge in [0.2, 0.25) is 11.0 Å². The quantitative estimate of drug-likeness (QED) is 0.516. The zero-order valence-electron chi connectivity index (χ0n) is 17.6. The number of nitrogens with zero attached hydrogens (tertiary/aromatic N) is 3. The maximum Gasteiger partial charge on any atom is 0.416 e. The molecule has 4 rings (SSSR count). The smallest absolute Gasteiger partial charge is 0.352 e. The molecule has 1 fully saturated rings. The topological polar surface area (TPSA) is 58.1 Å². The first-order valence-corrected chi connectivity index (χ1v) is 11.3. The number of carbonyl (C=O) groups excluding carboxylic acids is 1. The molecule has 3 aromatic rings. The zero-order chi connectivity index (χ0) is 23.4. The number of piperidine rings is 1. The number of benzene rings is 2. The summed E-state index contributed by atoms with van der Waals surface area (Å²) in [5.74, 6) is -0.128. The van der Waals surface area contributed by atoms with E-state index >= 15 is 0 Å². The van der Waals surface area contributed by atoms with Gasteiger partial charge in [0.25, 0.3) is 0 Å². The number of alkyl halides is 3. The van der Waals surface area contributed by atoms with E-state index in [1.165, 1.54) is 29.7 Å². The molecule has 1 aromatic heterocycles. The molecule has 1 aliphatic heterocycles. The molecule has 0 aliphatic carbocycles. The molecule has 2 heterocycles. The van der Waals surface area contributed by atoms with Crippen LogP contribution in [-0.4, -0.2) is 28.4 Å². The van der Waals surface area contributed by atoms with Gasteiger partial charge >= 0.3 is 6.18 Å². The van der Waals surface area contributed by atoms with E-state index in [9.17, 15) is 22.4 Å². The monoisotopic (exact) mass is 478 g/mol. The van der Waals surface area contributed by atoms with Gasteiger partial charge in [0, 0.05) is 37.6 Å². The Morgan fingerprint density at radius 3 is 2.70 bits per heavy atom.